The first kappa shape index (κ1) is 11.3. The maximum absolute atomic E-state index is 9.45. The molecule has 0 heterocycles. The summed E-state index contributed by atoms with van der Waals surface area (Å²) in [5, 5.41) is 2.37. The molecular weight excluding hydrogens is 181 g/mol. The largest absolute Gasteiger partial charge is 0.520 e. The van der Waals surface area contributed by atoms with Crippen molar-refractivity contribution in [3.05, 3.63) is 0 Å². The first-order valence-corrected chi connectivity index (χ1v) is 2.02. The molecule has 1 N–H and O–H groups in total. The number of rotatable bonds is 3. The molecule has 0 aromatic carbocycles. The van der Waals surface area contributed by atoms with Crippen LogP contribution in [0, 0.1) is 0 Å². The summed E-state index contributed by atoms with van der Waals surface area (Å²) < 4.78 is 0. The van der Waals surface area contributed by atoms with Gasteiger partial charge in [0.1, 0.15) is 0 Å². The third-order valence-electron chi connectivity index (χ3n) is 0.467. The fourth-order valence-corrected chi connectivity index (χ4v) is 0.190. The molecular formula is C4H9N2OY-. The molecule has 0 spiro atoms. The summed E-state index contributed by atoms with van der Waals surface area (Å²) in [6, 6.07) is 0. The van der Waals surface area contributed by atoms with E-state index in [0.717, 1.165) is 0 Å². The molecule has 1 amide bonds. The van der Waals surface area contributed by atoms with Gasteiger partial charge in [0.05, 0.1) is 0 Å². The van der Waals surface area contributed by atoms with Crippen molar-refractivity contribution in [2.45, 2.75) is 0 Å². The molecule has 0 unspecified atom stereocenters. The molecule has 3 nitrogen and oxygen atoms in total. The van der Waals surface area contributed by atoms with E-state index >= 15 is 0 Å². The van der Waals surface area contributed by atoms with Gasteiger partial charge in [-0.05, 0) is 14.1 Å². The van der Waals surface area contributed by atoms with E-state index in [-0.39, 0.29) is 32.7 Å². The zero-order valence-electron chi connectivity index (χ0n) is 5.14. The number of hydrogen-bond acceptors (Lipinski definition) is 2. The van der Waals surface area contributed by atoms with Crippen molar-refractivity contribution in [2.24, 2.45) is 0 Å². The van der Waals surface area contributed by atoms with Gasteiger partial charge >= 0.3 is 0 Å². The second-order valence-corrected chi connectivity index (χ2v) is 1.52. The maximum Gasteiger partial charge on any atom is 0.0393 e. The predicted octanol–water partition coefficient (Wildman–Crippen LogP) is -0.840. The minimum absolute atomic E-state index is 0. The third kappa shape index (κ3) is 9.73. The summed E-state index contributed by atoms with van der Waals surface area (Å²) in [6.07, 6.45) is 1.56. The van der Waals surface area contributed by atoms with Crippen molar-refractivity contribution in [3.8, 4) is 0 Å². The second-order valence-electron chi connectivity index (χ2n) is 1.52. The van der Waals surface area contributed by atoms with E-state index in [4.69, 9.17) is 0 Å². The third-order valence-corrected chi connectivity index (χ3v) is 0.467. The predicted molar refractivity (Wildman–Crippen MR) is 27.4 cm³/mol. The van der Waals surface area contributed by atoms with Crippen LogP contribution >= 0.6 is 0 Å². The number of nitrogens with one attached hydrogen (secondary N) is 1. The molecule has 4 heteroatoms. The number of nitrogens with zero attached hydrogens (tertiary/aromatic N) is 1. The summed E-state index contributed by atoms with van der Waals surface area (Å²) >= 11 is 0. The Morgan fingerprint density at radius 1 is 1.62 bits per heavy atom. The average molecular weight is 190 g/mol. The Hall–Kier alpha value is 0.534. The summed E-state index contributed by atoms with van der Waals surface area (Å²) in [5.74, 6) is 0. The van der Waals surface area contributed by atoms with E-state index in [1.165, 1.54) is 0 Å². The minimum atomic E-state index is 0. The first-order valence-electron chi connectivity index (χ1n) is 2.02. The molecule has 8 heavy (non-hydrogen) atoms. The SMILES string of the molecule is CN(C)CN[C-]=O.[Y]. The van der Waals surface area contributed by atoms with E-state index in [1.54, 1.807) is 6.41 Å². The van der Waals surface area contributed by atoms with Crippen molar-refractivity contribution in [1.29, 1.82) is 0 Å². The normalized spacial score (nSPS) is 7.88. The fraction of sp³-hybridized carbons (Fsp3) is 0.750. The zero-order chi connectivity index (χ0) is 5.70. The first-order chi connectivity index (χ1) is 3.27. The van der Waals surface area contributed by atoms with E-state index in [9.17, 15) is 4.79 Å². The van der Waals surface area contributed by atoms with Crippen molar-refractivity contribution < 1.29 is 37.5 Å². The Labute approximate surface area is 74.7 Å². The molecule has 0 aromatic heterocycles. The van der Waals surface area contributed by atoms with Gasteiger partial charge in [-0.3, -0.25) is 4.90 Å². The van der Waals surface area contributed by atoms with Crippen LogP contribution in [0.2, 0.25) is 0 Å². The number of carbonyl (C=O) groups excluding carboxylic acids is 1. The Balaban J connectivity index is 0. The van der Waals surface area contributed by atoms with Crippen LogP contribution in [0.25, 0.3) is 0 Å². The van der Waals surface area contributed by atoms with Crippen LogP contribution in [0.4, 0.5) is 0 Å². The van der Waals surface area contributed by atoms with Crippen molar-refractivity contribution in [1.82, 2.24) is 10.2 Å². The quantitative estimate of drug-likeness (QED) is 0.357. The van der Waals surface area contributed by atoms with Gasteiger partial charge in [-0.25, -0.2) is 0 Å². The summed E-state index contributed by atoms with van der Waals surface area (Å²) in [6.45, 7) is 0.559. The van der Waals surface area contributed by atoms with Crippen LogP contribution in [-0.4, -0.2) is 32.1 Å². The van der Waals surface area contributed by atoms with Crippen LogP contribution in [0.15, 0.2) is 0 Å². The van der Waals surface area contributed by atoms with Gasteiger partial charge in [0.15, 0.2) is 0 Å². The minimum Gasteiger partial charge on any atom is -0.520 e. The van der Waals surface area contributed by atoms with Crippen LogP contribution in [0.1, 0.15) is 0 Å². The van der Waals surface area contributed by atoms with Crippen LogP contribution in [0.5, 0.6) is 0 Å². The smallest absolute Gasteiger partial charge is 0.0393 e. The Bertz CT molecular complexity index is 58.0. The maximum atomic E-state index is 9.45. The molecule has 45 valence electrons. The summed E-state index contributed by atoms with van der Waals surface area (Å²) in [5.41, 5.74) is 0. The van der Waals surface area contributed by atoms with E-state index in [2.05, 4.69) is 5.32 Å². The summed E-state index contributed by atoms with van der Waals surface area (Å²) in [7, 11) is 3.73. The Morgan fingerprint density at radius 3 is 2.25 bits per heavy atom. The molecule has 0 atom stereocenters. The Kier molecular flexibility index (Phi) is 10.7. The van der Waals surface area contributed by atoms with Gasteiger partial charge in [-0.1, -0.05) is 0 Å². The van der Waals surface area contributed by atoms with E-state index < -0.39 is 0 Å². The molecule has 0 rings (SSSR count). The zero-order valence-corrected chi connectivity index (χ0v) is 7.98. The average Bonchev–Trinajstić information content (AvgIpc) is 1.61. The molecule has 0 bridgehead atoms. The van der Waals surface area contributed by atoms with E-state index in [1.807, 2.05) is 19.0 Å². The van der Waals surface area contributed by atoms with Gasteiger partial charge in [0.2, 0.25) is 0 Å². The molecule has 0 aliphatic carbocycles. The Morgan fingerprint density at radius 2 is 2.12 bits per heavy atom. The van der Waals surface area contributed by atoms with Gasteiger partial charge in [0, 0.05) is 39.4 Å². The van der Waals surface area contributed by atoms with Gasteiger partial charge in [-0.2, -0.15) is 6.41 Å². The van der Waals surface area contributed by atoms with Gasteiger partial charge in [0.25, 0.3) is 0 Å². The second kappa shape index (κ2) is 7.53. The van der Waals surface area contributed by atoms with Crippen LogP contribution in [-0.2, 0) is 37.5 Å². The van der Waals surface area contributed by atoms with Crippen molar-refractivity contribution >= 4 is 6.41 Å². The topological polar surface area (TPSA) is 32.3 Å². The molecule has 1 radical (unpaired) electrons. The fourth-order valence-electron chi connectivity index (χ4n) is 0.190. The molecule has 0 saturated heterocycles. The molecule has 0 aliphatic heterocycles. The summed E-state index contributed by atoms with van der Waals surface area (Å²) in [4.78, 5) is 11.3. The van der Waals surface area contributed by atoms with Crippen LogP contribution < -0.4 is 5.32 Å². The molecule has 0 saturated carbocycles. The van der Waals surface area contributed by atoms with Crippen molar-refractivity contribution in [3.63, 3.8) is 0 Å². The van der Waals surface area contributed by atoms with E-state index in [0.29, 0.717) is 6.67 Å². The number of amides is 1. The standard InChI is InChI=1S/C4H9N2O.Y/c1-6(2)3-5-4-7;/h3H2,1-2H3,(H,5,7);/q-1;. The van der Waals surface area contributed by atoms with Crippen LogP contribution in [0.3, 0.4) is 0 Å². The number of hydrogen-bond donors (Lipinski definition) is 1. The monoisotopic (exact) mass is 190 g/mol. The van der Waals surface area contributed by atoms with Crippen molar-refractivity contribution in [2.75, 3.05) is 20.8 Å². The molecule has 0 fully saturated rings. The molecule has 0 aliphatic rings. The molecule has 0 aromatic rings. The van der Waals surface area contributed by atoms with Gasteiger partial charge < -0.3 is 10.1 Å². The van der Waals surface area contributed by atoms with Gasteiger partial charge in [-0.15, -0.1) is 0 Å².